The normalized spacial score (nSPS) is 14.3. The van der Waals surface area contributed by atoms with Gasteiger partial charge in [-0.3, -0.25) is 9.59 Å². The summed E-state index contributed by atoms with van der Waals surface area (Å²) < 4.78 is 0. The zero-order valence-corrected chi connectivity index (χ0v) is 19.6. The Balaban J connectivity index is 0.000000185. The molecule has 1 aliphatic carbocycles. The van der Waals surface area contributed by atoms with E-state index in [9.17, 15) is 9.59 Å². The molecule has 0 aliphatic heterocycles. The fourth-order valence-electron chi connectivity index (χ4n) is 3.96. The molecule has 0 atom stereocenters. The van der Waals surface area contributed by atoms with Gasteiger partial charge >= 0.3 is 0 Å². The van der Waals surface area contributed by atoms with Crippen molar-refractivity contribution in [1.82, 2.24) is 5.32 Å². The number of hydrogen-bond donors (Lipinski definition) is 1. The Bertz CT molecular complexity index is 1130. The molecule has 0 saturated heterocycles. The van der Waals surface area contributed by atoms with Crippen LogP contribution in [-0.2, 0) is 16.8 Å². The summed E-state index contributed by atoms with van der Waals surface area (Å²) in [6.07, 6.45) is 5.36. The monoisotopic (exact) mass is 427 g/mol. The van der Waals surface area contributed by atoms with E-state index in [2.05, 4.69) is 54.7 Å². The molecule has 1 aliphatic rings. The average molecular weight is 428 g/mol. The maximum absolute atomic E-state index is 11.5. The molecule has 0 radical (unpaired) electrons. The Kier molecular flexibility index (Phi) is 7.63. The lowest BCUT2D eigenvalue weighted by molar-refractivity contribution is -0.114. The first-order valence-corrected chi connectivity index (χ1v) is 11.4. The summed E-state index contributed by atoms with van der Waals surface area (Å²) >= 11 is 0. The molecule has 0 heterocycles. The molecule has 3 heteroatoms. The second-order valence-corrected chi connectivity index (χ2v) is 8.74. The number of rotatable bonds is 7. The largest absolute Gasteiger partial charge is 0.378 e. The summed E-state index contributed by atoms with van der Waals surface area (Å²) in [4.78, 5) is 22.8. The molecule has 0 amide bonds. The van der Waals surface area contributed by atoms with Gasteiger partial charge in [-0.2, -0.15) is 0 Å². The molecule has 0 aromatic heterocycles. The quantitative estimate of drug-likeness (QED) is 0.335. The number of carbonyl (C=O) groups excluding carboxylic acids is 2. The predicted octanol–water partition coefficient (Wildman–Crippen LogP) is 6.75. The van der Waals surface area contributed by atoms with Crippen molar-refractivity contribution in [3.63, 3.8) is 0 Å². The second kappa shape index (κ2) is 10.4. The van der Waals surface area contributed by atoms with Crippen molar-refractivity contribution >= 4 is 22.3 Å². The first-order valence-electron chi connectivity index (χ1n) is 11.4. The summed E-state index contributed by atoms with van der Waals surface area (Å²) in [5, 5.41) is 5.90. The Morgan fingerprint density at radius 3 is 2.25 bits per heavy atom. The van der Waals surface area contributed by atoms with E-state index in [0.29, 0.717) is 23.2 Å². The molecule has 166 valence electrons. The maximum atomic E-state index is 11.5. The first kappa shape index (κ1) is 23.5. The van der Waals surface area contributed by atoms with Crippen molar-refractivity contribution in [3.8, 4) is 0 Å². The van der Waals surface area contributed by atoms with Crippen molar-refractivity contribution in [2.75, 3.05) is 0 Å². The maximum Gasteiger partial charge on any atom is 0.175 e. The SMILES string of the molecule is CC/C=C(/NCc1ccccc1C(C)=O)C(C)=O.CC1(c2cccc3ccccc23)CC1. The average Bonchev–Trinajstić information content (AvgIpc) is 3.55. The Hall–Kier alpha value is -3.20. The molecule has 32 heavy (non-hydrogen) atoms. The third-order valence-corrected chi connectivity index (χ3v) is 6.09. The number of ketones is 2. The number of carbonyl (C=O) groups is 2. The van der Waals surface area contributed by atoms with Crippen molar-refractivity contribution < 1.29 is 9.59 Å². The van der Waals surface area contributed by atoms with Gasteiger partial charge in [-0.15, -0.1) is 0 Å². The summed E-state index contributed by atoms with van der Waals surface area (Å²) in [5.74, 6) is 0.0494. The van der Waals surface area contributed by atoms with E-state index in [-0.39, 0.29) is 11.6 Å². The lowest BCUT2D eigenvalue weighted by Crippen LogP contribution is -2.19. The van der Waals surface area contributed by atoms with Gasteiger partial charge < -0.3 is 5.32 Å². The second-order valence-electron chi connectivity index (χ2n) is 8.74. The van der Waals surface area contributed by atoms with E-state index in [1.165, 1.54) is 36.1 Å². The third-order valence-electron chi connectivity index (χ3n) is 6.09. The number of nitrogens with one attached hydrogen (secondary N) is 1. The minimum absolute atomic E-state index is 0.0113. The topological polar surface area (TPSA) is 46.2 Å². The Morgan fingerprint density at radius 2 is 1.59 bits per heavy atom. The fraction of sp³-hybridized carbons (Fsp3) is 0.310. The summed E-state index contributed by atoms with van der Waals surface area (Å²) in [7, 11) is 0. The van der Waals surface area contributed by atoms with Crippen LogP contribution in [0.5, 0.6) is 0 Å². The lowest BCUT2D eigenvalue weighted by Gasteiger charge is -2.12. The molecule has 0 bridgehead atoms. The van der Waals surface area contributed by atoms with Gasteiger partial charge in [0.15, 0.2) is 11.6 Å². The Labute approximate surface area is 191 Å². The van der Waals surface area contributed by atoms with Crippen LogP contribution in [0, 0.1) is 0 Å². The van der Waals surface area contributed by atoms with Gasteiger partial charge in [0, 0.05) is 19.0 Å². The van der Waals surface area contributed by atoms with Crippen molar-refractivity contribution in [2.45, 2.75) is 58.9 Å². The molecule has 3 nitrogen and oxygen atoms in total. The summed E-state index contributed by atoms with van der Waals surface area (Å²) in [5.41, 5.74) is 4.23. The van der Waals surface area contributed by atoms with Crippen LogP contribution in [0.1, 0.15) is 68.4 Å². The van der Waals surface area contributed by atoms with Crippen LogP contribution in [0.15, 0.2) is 78.5 Å². The van der Waals surface area contributed by atoms with Crippen LogP contribution in [0.25, 0.3) is 10.8 Å². The highest BCUT2D eigenvalue weighted by Crippen LogP contribution is 2.49. The van der Waals surface area contributed by atoms with E-state index in [1.807, 2.05) is 31.2 Å². The van der Waals surface area contributed by atoms with Crippen molar-refractivity contribution in [2.24, 2.45) is 0 Å². The van der Waals surface area contributed by atoms with Crippen LogP contribution in [0.2, 0.25) is 0 Å². The van der Waals surface area contributed by atoms with E-state index < -0.39 is 0 Å². The van der Waals surface area contributed by atoms with Crippen LogP contribution >= 0.6 is 0 Å². The molecule has 1 fully saturated rings. The standard InChI is InChI=1S/C15H19NO2.C14H14/c1-4-7-15(12(3)18)16-10-13-8-5-6-9-14(13)11(2)17;1-14(9-10-14)13-8-4-6-11-5-2-3-7-12(11)13/h5-9,16H,4,10H2,1-3H3;2-8H,9-10H2,1H3/b15-7+;. The molecule has 0 spiro atoms. The van der Waals surface area contributed by atoms with Crippen LogP contribution in [0.3, 0.4) is 0 Å². The highest BCUT2D eigenvalue weighted by molar-refractivity contribution is 5.95. The summed E-state index contributed by atoms with van der Waals surface area (Å²) in [6.45, 7) is 7.92. The fourth-order valence-corrected chi connectivity index (χ4v) is 3.96. The molecule has 1 saturated carbocycles. The van der Waals surface area contributed by atoms with E-state index in [4.69, 9.17) is 0 Å². The number of fused-ring (bicyclic) bond motifs is 1. The summed E-state index contributed by atoms with van der Waals surface area (Å²) in [6, 6.07) is 22.8. The minimum atomic E-state index is 0.0113. The predicted molar refractivity (Wildman–Crippen MR) is 133 cm³/mol. The Morgan fingerprint density at radius 1 is 0.938 bits per heavy atom. The molecular formula is C29H33NO2. The van der Waals surface area contributed by atoms with Crippen molar-refractivity contribution in [3.05, 3.63) is 95.2 Å². The van der Waals surface area contributed by atoms with E-state index in [1.54, 1.807) is 13.0 Å². The van der Waals surface area contributed by atoms with Gasteiger partial charge in [0.1, 0.15) is 0 Å². The molecule has 0 unspecified atom stereocenters. The van der Waals surface area contributed by atoms with Gasteiger partial charge in [-0.25, -0.2) is 0 Å². The van der Waals surface area contributed by atoms with E-state index >= 15 is 0 Å². The smallest absolute Gasteiger partial charge is 0.175 e. The van der Waals surface area contributed by atoms with Gasteiger partial charge in [-0.1, -0.05) is 86.7 Å². The van der Waals surface area contributed by atoms with E-state index in [0.717, 1.165) is 12.0 Å². The number of benzene rings is 3. The van der Waals surface area contributed by atoms with Gasteiger partial charge in [0.05, 0.1) is 5.70 Å². The zero-order valence-electron chi connectivity index (χ0n) is 19.6. The highest BCUT2D eigenvalue weighted by Gasteiger charge is 2.39. The van der Waals surface area contributed by atoms with Crippen LogP contribution in [0.4, 0.5) is 0 Å². The highest BCUT2D eigenvalue weighted by atomic mass is 16.1. The molecule has 3 aromatic rings. The molecule has 3 aromatic carbocycles. The number of Topliss-reactive ketones (excluding diaryl/α,β-unsaturated/α-hetero) is 2. The molecular weight excluding hydrogens is 394 g/mol. The number of hydrogen-bond acceptors (Lipinski definition) is 3. The number of allylic oxidation sites excluding steroid dienone is 2. The van der Waals surface area contributed by atoms with Gasteiger partial charge in [0.25, 0.3) is 0 Å². The first-order chi connectivity index (χ1) is 15.4. The van der Waals surface area contributed by atoms with Gasteiger partial charge in [0.2, 0.25) is 0 Å². The lowest BCUT2D eigenvalue weighted by atomic mass is 9.93. The van der Waals surface area contributed by atoms with Gasteiger partial charge in [-0.05, 0) is 53.5 Å². The van der Waals surface area contributed by atoms with Crippen LogP contribution < -0.4 is 5.32 Å². The minimum Gasteiger partial charge on any atom is -0.378 e. The van der Waals surface area contributed by atoms with Crippen LogP contribution in [-0.4, -0.2) is 11.6 Å². The van der Waals surface area contributed by atoms with Crippen molar-refractivity contribution in [1.29, 1.82) is 0 Å². The molecule has 1 N–H and O–H groups in total. The zero-order chi connectivity index (χ0) is 23.1. The third kappa shape index (κ3) is 5.73. The molecule has 4 rings (SSSR count).